The van der Waals surface area contributed by atoms with Crippen molar-refractivity contribution in [2.24, 2.45) is 11.3 Å². The second-order valence-electron chi connectivity index (χ2n) is 5.52. The third kappa shape index (κ3) is 3.15. The van der Waals surface area contributed by atoms with Gasteiger partial charge in [0, 0.05) is 6.54 Å². The van der Waals surface area contributed by atoms with Crippen LogP contribution in [0.15, 0.2) is 24.3 Å². The predicted molar refractivity (Wildman–Crippen MR) is 71.2 cm³/mol. The number of benzene rings is 1. The molecule has 0 aromatic heterocycles. The van der Waals surface area contributed by atoms with Crippen LogP contribution in [0.3, 0.4) is 0 Å². The summed E-state index contributed by atoms with van der Waals surface area (Å²) in [6.45, 7) is 5.18. The molecule has 1 saturated carbocycles. The molecule has 2 rings (SSSR count). The highest BCUT2D eigenvalue weighted by Crippen LogP contribution is 2.50. The standard InChI is InChI=1S/C14H20N2O2/c1-14(2)7-10(14)8-16-13(17)9-18-12-6-4-3-5-11(12)15/h3-6,10H,7-9,15H2,1-2H3,(H,16,17). The molecule has 1 aliphatic carbocycles. The van der Waals surface area contributed by atoms with Crippen LogP contribution in [-0.4, -0.2) is 19.1 Å². The molecule has 0 heterocycles. The summed E-state index contributed by atoms with van der Waals surface area (Å²) in [7, 11) is 0. The Morgan fingerprint density at radius 3 is 2.78 bits per heavy atom. The van der Waals surface area contributed by atoms with E-state index in [0.29, 0.717) is 22.8 Å². The quantitative estimate of drug-likeness (QED) is 0.781. The average molecular weight is 248 g/mol. The summed E-state index contributed by atoms with van der Waals surface area (Å²) < 4.78 is 5.37. The molecule has 1 aromatic rings. The van der Waals surface area contributed by atoms with E-state index in [1.54, 1.807) is 12.1 Å². The minimum atomic E-state index is -0.0963. The predicted octanol–water partition coefficient (Wildman–Crippen LogP) is 1.81. The maximum absolute atomic E-state index is 11.6. The second-order valence-corrected chi connectivity index (χ2v) is 5.52. The molecule has 0 spiro atoms. The van der Waals surface area contributed by atoms with E-state index in [-0.39, 0.29) is 12.5 Å². The number of amides is 1. The zero-order chi connectivity index (χ0) is 13.2. The molecule has 18 heavy (non-hydrogen) atoms. The van der Waals surface area contributed by atoms with Crippen molar-refractivity contribution in [1.82, 2.24) is 5.32 Å². The van der Waals surface area contributed by atoms with Gasteiger partial charge in [-0.25, -0.2) is 0 Å². The number of nitrogens with one attached hydrogen (secondary N) is 1. The van der Waals surface area contributed by atoms with E-state index in [9.17, 15) is 4.79 Å². The van der Waals surface area contributed by atoms with Gasteiger partial charge in [-0.1, -0.05) is 26.0 Å². The lowest BCUT2D eigenvalue weighted by Crippen LogP contribution is -2.31. The molecule has 0 radical (unpaired) electrons. The summed E-state index contributed by atoms with van der Waals surface area (Å²) in [5.74, 6) is 1.06. The number of anilines is 1. The van der Waals surface area contributed by atoms with Crippen molar-refractivity contribution in [1.29, 1.82) is 0 Å². The summed E-state index contributed by atoms with van der Waals surface area (Å²) in [4.78, 5) is 11.6. The smallest absolute Gasteiger partial charge is 0.257 e. The number of nitrogens with two attached hydrogens (primary N) is 1. The minimum Gasteiger partial charge on any atom is -0.482 e. The molecule has 4 nitrogen and oxygen atoms in total. The Hall–Kier alpha value is -1.71. The van der Waals surface area contributed by atoms with Crippen LogP contribution in [0.4, 0.5) is 5.69 Å². The van der Waals surface area contributed by atoms with Crippen molar-refractivity contribution < 1.29 is 9.53 Å². The monoisotopic (exact) mass is 248 g/mol. The highest BCUT2D eigenvalue weighted by Gasteiger charge is 2.45. The number of ether oxygens (including phenoxy) is 1. The van der Waals surface area contributed by atoms with Gasteiger partial charge in [0.1, 0.15) is 5.75 Å². The maximum atomic E-state index is 11.6. The third-order valence-corrected chi connectivity index (χ3v) is 3.54. The molecule has 1 aromatic carbocycles. The Bertz CT molecular complexity index is 443. The van der Waals surface area contributed by atoms with Crippen LogP contribution < -0.4 is 15.8 Å². The van der Waals surface area contributed by atoms with Crippen LogP contribution in [0.5, 0.6) is 5.75 Å². The van der Waals surface area contributed by atoms with Crippen LogP contribution in [0.25, 0.3) is 0 Å². The Morgan fingerprint density at radius 2 is 2.17 bits per heavy atom. The lowest BCUT2D eigenvalue weighted by Gasteiger charge is -2.09. The van der Waals surface area contributed by atoms with Crippen molar-refractivity contribution >= 4 is 11.6 Å². The fourth-order valence-electron chi connectivity index (χ4n) is 1.97. The van der Waals surface area contributed by atoms with E-state index in [1.165, 1.54) is 6.42 Å². The van der Waals surface area contributed by atoms with Crippen molar-refractivity contribution in [3.8, 4) is 5.75 Å². The number of rotatable bonds is 5. The third-order valence-electron chi connectivity index (χ3n) is 3.54. The van der Waals surface area contributed by atoms with Crippen molar-refractivity contribution in [3.63, 3.8) is 0 Å². The summed E-state index contributed by atoms with van der Waals surface area (Å²) in [6.07, 6.45) is 1.18. The summed E-state index contributed by atoms with van der Waals surface area (Å²) in [6, 6.07) is 7.17. The molecule has 1 fully saturated rings. The van der Waals surface area contributed by atoms with Gasteiger partial charge in [-0.05, 0) is 29.9 Å². The number of nitrogen functional groups attached to an aromatic ring is 1. The van der Waals surface area contributed by atoms with Gasteiger partial charge in [-0.3, -0.25) is 4.79 Å². The lowest BCUT2D eigenvalue weighted by molar-refractivity contribution is -0.123. The van der Waals surface area contributed by atoms with Crippen LogP contribution in [0.1, 0.15) is 20.3 Å². The van der Waals surface area contributed by atoms with E-state index in [0.717, 1.165) is 6.54 Å². The van der Waals surface area contributed by atoms with Crippen molar-refractivity contribution in [2.45, 2.75) is 20.3 Å². The van der Waals surface area contributed by atoms with Gasteiger partial charge in [0.15, 0.2) is 6.61 Å². The van der Waals surface area contributed by atoms with Gasteiger partial charge >= 0.3 is 0 Å². The van der Waals surface area contributed by atoms with E-state index in [1.807, 2.05) is 12.1 Å². The van der Waals surface area contributed by atoms with Crippen LogP contribution in [-0.2, 0) is 4.79 Å². The van der Waals surface area contributed by atoms with E-state index < -0.39 is 0 Å². The number of carbonyl (C=O) groups is 1. The number of hydrogen-bond acceptors (Lipinski definition) is 3. The zero-order valence-corrected chi connectivity index (χ0v) is 10.9. The molecule has 1 aliphatic rings. The van der Waals surface area contributed by atoms with E-state index in [2.05, 4.69) is 19.2 Å². The van der Waals surface area contributed by atoms with Gasteiger partial charge in [0.2, 0.25) is 0 Å². The Labute approximate surface area is 108 Å². The topological polar surface area (TPSA) is 64.3 Å². The average Bonchev–Trinajstić information content (AvgIpc) is 2.93. The molecular formula is C14H20N2O2. The fourth-order valence-corrected chi connectivity index (χ4v) is 1.97. The Balaban J connectivity index is 1.71. The van der Waals surface area contributed by atoms with Crippen LogP contribution in [0.2, 0.25) is 0 Å². The molecule has 0 saturated heterocycles. The fraction of sp³-hybridized carbons (Fsp3) is 0.500. The number of hydrogen-bond donors (Lipinski definition) is 2. The highest BCUT2D eigenvalue weighted by molar-refractivity contribution is 5.77. The first-order valence-corrected chi connectivity index (χ1v) is 6.23. The van der Waals surface area contributed by atoms with Crippen LogP contribution in [0, 0.1) is 11.3 Å². The first-order chi connectivity index (χ1) is 8.49. The van der Waals surface area contributed by atoms with Gasteiger partial charge in [-0.2, -0.15) is 0 Å². The van der Waals surface area contributed by atoms with Gasteiger partial charge in [0.25, 0.3) is 5.91 Å². The highest BCUT2D eigenvalue weighted by atomic mass is 16.5. The molecule has 1 unspecified atom stereocenters. The van der Waals surface area contributed by atoms with Crippen LogP contribution >= 0.6 is 0 Å². The molecule has 3 N–H and O–H groups in total. The summed E-state index contributed by atoms with van der Waals surface area (Å²) in [5.41, 5.74) is 6.65. The summed E-state index contributed by atoms with van der Waals surface area (Å²) in [5, 5.41) is 2.89. The largest absolute Gasteiger partial charge is 0.482 e. The van der Waals surface area contributed by atoms with Gasteiger partial charge in [-0.15, -0.1) is 0 Å². The molecule has 4 heteroatoms. The van der Waals surface area contributed by atoms with E-state index in [4.69, 9.17) is 10.5 Å². The van der Waals surface area contributed by atoms with Crippen molar-refractivity contribution in [3.05, 3.63) is 24.3 Å². The van der Waals surface area contributed by atoms with Crippen molar-refractivity contribution in [2.75, 3.05) is 18.9 Å². The SMILES string of the molecule is CC1(C)CC1CNC(=O)COc1ccccc1N. The lowest BCUT2D eigenvalue weighted by atomic mass is 10.1. The second kappa shape index (κ2) is 4.88. The summed E-state index contributed by atoms with van der Waals surface area (Å²) >= 11 is 0. The number of para-hydroxylation sites is 2. The molecular weight excluding hydrogens is 228 g/mol. The zero-order valence-electron chi connectivity index (χ0n) is 10.9. The van der Waals surface area contributed by atoms with Gasteiger partial charge < -0.3 is 15.8 Å². The first-order valence-electron chi connectivity index (χ1n) is 6.23. The molecule has 0 aliphatic heterocycles. The molecule has 1 atom stereocenters. The normalized spacial score (nSPS) is 20.2. The number of carbonyl (C=O) groups excluding carboxylic acids is 1. The Kier molecular flexibility index (Phi) is 3.45. The minimum absolute atomic E-state index is 0.0152. The Morgan fingerprint density at radius 1 is 1.50 bits per heavy atom. The van der Waals surface area contributed by atoms with E-state index >= 15 is 0 Å². The molecule has 1 amide bonds. The first kappa shape index (κ1) is 12.7. The maximum Gasteiger partial charge on any atom is 0.257 e. The molecule has 0 bridgehead atoms. The van der Waals surface area contributed by atoms with Gasteiger partial charge in [0.05, 0.1) is 5.69 Å². The molecule has 98 valence electrons.